The topological polar surface area (TPSA) is 49.4 Å². The molecular formula is C18H26N2O2. The highest BCUT2D eigenvalue weighted by Gasteiger charge is 2.26. The van der Waals surface area contributed by atoms with Crippen molar-refractivity contribution in [3.63, 3.8) is 0 Å². The number of amides is 2. The number of hydrogen-bond donors (Lipinski definition) is 1. The Bertz CT molecular complexity index is 558. The van der Waals surface area contributed by atoms with E-state index in [-0.39, 0.29) is 0 Å². The maximum absolute atomic E-state index is 12.3. The number of aryl methyl sites for hydroxylation is 1. The molecule has 1 aliphatic rings. The lowest BCUT2D eigenvalue weighted by atomic mass is 9.98. The Morgan fingerprint density at radius 1 is 1.23 bits per heavy atom. The molecule has 1 N–H and O–H groups in total. The van der Waals surface area contributed by atoms with Crippen molar-refractivity contribution in [1.82, 2.24) is 4.90 Å². The van der Waals surface area contributed by atoms with E-state index in [2.05, 4.69) is 26.1 Å². The molecular weight excluding hydrogens is 276 g/mol. The molecule has 0 bridgehead atoms. The van der Waals surface area contributed by atoms with Gasteiger partial charge in [-0.2, -0.15) is 0 Å². The highest BCUT2D eigenvalue weighted by molar-refractivity contribution is 6.39. The molecule has 4 heteroatoms. The Labute approximate surface area is 132 Å². The summed E-state index contributed by atoms with van der Waals surface area (Å²) in [5.74, 6) is -0.00669. The molecule has 0 atom stereocenters. The molecule has 0 aromatic heterocycles. The van der Waals surface area contributed by atoms with Crippen LogP contribution in [0.25, 0.3) is 0 Å². The van der Waals surface area contributed by atoms with Crippen molar-refractivity contribution in [3.05, 3.63) is 29.3 Å². The first kappa shape index (κ1) is 16.5. The fourth-order valence-electron chi connectivity index (χ4n) is 2.86. The number of nitrogens with zero attached hydrogens (tertiary/aromatic N) is 1. The third-order valence-corrected chi connectivity index (χ3v) is 4.43. The average molecular weight is 302 g/mol. The quantitative estimate of drug-likeness (QED) is 0.852. The van der Waals surface area contributed by atoms with Gasteiger partial charge in [0.05, 0.1) is 0 Å². The number of rotatable bonds is 2. The van der Waals surface area contributed by atoms with E-state index in [1.807, 2.05) is 25.1 Å². The van der Waals surface area contributed by atoms with Crippen LogP contribution in [0.2, 0.25) is 0 Å². The van der Waals surface area contributed by atoms with Crippen molar-refractivity contribution >= 4 is 17.5 Å². The summed E-state index contributed by atoms with van der Waals surface area (Å²) in [6.45, 7) is 9.66. The van der Waals surface area contributed by atoms with E-state index < -0.39 is 11.8 Å². The molecule has 2 rings (SSSR count). The number of likely N-dealkylation sites (tertiary alicyclic amines) is 1. The average Bonchev–Trinajstić information content (AvgIpc) is 2.49. The molecule has 1 aromatic carbocycles. The van der Waals surface area contributed by atoms with Crippen LogP contribution in [0.4, 0.5) is 5.69 Å². The molecule has 0 unspecified atom stereocenters. The zero-order chi connectivity index (χ0) is 16.3. The molecule has 4 nitrogen and oxygen atoms in total. The normalized spacial score (nSPS) is 16.0. The Morgan fingerprint density at radius 3 is 2.45 bits per heavy atom. The van der Waals surface area contributed by atoms with Gasteiger partial charge >= 0.3 is 11.8 Å². The van der Waals surface area contributed by atoms with Crippen LogP contribution in [-0.4, -0.2) is 29.8 Å². The fourth-order valence-corrected chi connectivity index (χ4v) is 2.86. The molecule has 22 heavy (non-hydrogen) atoms. The zero-order valence-electron chi connectivity index (χ0n) is 14.0. The molecule has 0 saturated carbocycles. The van der Waals surface area contributed by atoms with Gasteiger partial charge in [0.2, 0.25) is 0 Å². The minimum atomic E-state index is -0.522. The molecule has 1 fully saturated rings. The van der Waals surface area contributed by atoms with Gasteiger partial charge in [-0.15, -0.1) is 0 Å². The van der Waals surface area contributed by atoms with E-state index in [9.17, 15) is 9.59 Å². The summed E-state index contributed by atoms with van der Waals surface area (Å²) in [7, 11) is 0. The van der Waals surface area contributed by atoms with Crippen LogP contribution in [0.5, 0.6) is 0 Å². The maximum Gasteiger partial charge on any atom is 0.313 e. The number of carbonyl (C=O) groups excluding carboxylic acids is 2. The summed E-state index contributed by atoms with van der Waals surface area (Å²) in [5, 5.41) is 2.84. The van der Waals surface area contributed by atoms with Crippen molar-refractivity contribution in [2.45, 2.75) is 46.5 Å². The van der Waals surface area contributed by atoms with Gasteiger partial charge in [0, 0.05) is 18.8 Å². The predicted octanol–water partition coefficient (Wildman–Crippen LogP) is 3.32. The minimum absolute atomic E-state index is 0.293. The predicted molar refractivity (Wildman–Crippen MR) is 88.9 cm³/mol. The number of para-hydroxylation sites is 1. The summed E-state index contributed by atoms with van der Waals surface area (Å²) < 4.78 is 0. The van der Waals surface area contributed by atoms with Crippen LogP contribution < -0.4 is 5.32 Å². The summed E-state index contributed by atoms with van der Waals surface area (Å²) in [5.41, 5.74) is 2.83. The minimum Gasteiger partial charge on any atom is -0.334 e. The van der Waals surface area contributed by atoms with Gasteiger partial charge < -0.3 is 10.2 Å². The lowest BCUT2D eigenvalue weighted by molar-refractivity contribution is -0.144. The van der Waals surface area contributed by atoms with Gasteiger partial charge in [0.25, 0.3) is 0 Å². The van der Waals surface area contributed by atoms with E-state index in [1.54, 1.807) is 4.90 Å². The molecule has 1 aliphatic heterocycles. The second-order valence-corrected chi connectivity index (χ2v) is 6.62. The number of nitrogens with one attached hydrogen (secondary N) is 1. The largest absolute Gasteiger partial charge is 0.334 e. The van der Waals surface area contributed by atoms with Gasteiger partial charge in [0.15, 0.2) is 0 Å². The van der Waals surface area contributed by atoms with E-state index in [0.29, 0.717) is 24.9 Å². The highest BCUT2D eigenvalue weighted by atomic mass is 16.2. The van der Waals surface area contributed by atoms with Crippen molar-refractivity contribution < 1.29 is 9.59 Å². The van der Waals surface area contributed by atoms with Gasteiger partial charge in [0.1, 0.15) is 0 Å². The van der Waals surface area contributed by atoms with E-state index in [0.717, 1.165) is 29.7 Å². The van der Waals surface area contributed by atoms with E-state index >= 15 is 0 Å². The third-order valence-electron chi connectivity index (χ3n) is 4.43. The summed E-state index contributed by atoms with van der Waals surface area (Å²) in [4.78, 5) is 26.3. The number of anilines is 1. The summed E-state index contributed by atoms with van der Waals surface area (Å²) in [6, 6.07) is 5.93. The second-order valence-electron chi connectivity index (χ2n) is 6.62. The lowest BCUT2D eigenvalue weighted by Crippen LogP contribution is -2.44. The third kappa shape index (κ3) is 3.67. The lowest BCUT2D eigenvalue weighted by Gasteiger charge is -2.29. The van der Waals surface area contributed by atoms with Gasteiger partial charge in [-0.3, -0.25) is 9.59 Å². The molecule has 1 heterocycles. The molecule has 1 saturated heterocycles. The molecule has 0 radical (unpaired) electrons. The Hall–Kier alpha value is -1.84. The standard InChI is InChI=1S/C18H26N2O2/c1-12(2)15-7-5-6-14(4)16(15)19-17(21)18(22)20-10-8-13(3)9-11-20/h5-7,12-13H,8-11H2,1-4H3,(H,19,21). The number of benzene rings is 1. The molecule has 2 amide bonds. The number of piperidine rings is 1. The van der Waals surface area contributed by atoms with Gasteiger partial charge in [-0.05, 0) is 42.7 Å². The van der Waals surface area contributed by atoms with Crippen LogP contribution in [0.3, 0.4) is 0 Å². The SMILES string of the molecule is Cc1cccc(C(C)C)c1NC(=O)C(=O)N1CCC(C)CC1. The monoisotopic (exact) mass is 302 g/mol. The number of carbonyl (C=O) groups is 2. The number of hydrogen-bond acceptors (Lipinski definition) is 2. The Balaban J connectivity index is 2.10. The van der Waals surface area contributed by atoms with Gasteiger partial charge in [-0.1, -0.05) is 39.0 Å². The van der Waals surface area contributed by atoms with Gasteiger partial charge in [-0.25, -0.2) is 0 Å². The molecule has 0 spiro atoms. The summed E-state index contributed by atoms with van der Waals surface area (Å²) >= 11 is 0. The van der Waals surface area contributed by atoms with Crippen LogP contribution in [0.1, 0.15) is 50.7 Å². The van der Waals surface area contributed by atoms with Crippen molar-refractivity contribution in [1.29, 1.82) is 0 Å². The first-order chi connectivity index (χ1) is 10.4. The van der Waals surface area contributed by atoms with Crippen LogP contribution in [0, 0.1) is 12.8 Å². The Morgan fingerprint density at radius 2 is 1.86 bits per heavy atom. The first-order valence-corrected chi connectivity index (χ1v) is 8.10. The second kappa shape index (κ2) is 6.95. The van der Waals surface area contributed by atoms with Crippen molar-refractivity contribution in [3.8, 4) is 0 Å². The maximum atomic E-state index is 12.3. The zero-order valence-corrected chi connectivity index (χ0v) is 14.0. The van der Waals surface area contributed by atoms with Crippen LogP contribution in [-0.2, 0) is 9.59 Å². The van der Waals surface area contributed by atoms with Crippen LogP contribution in [0.15, 0.2) is 18.2 Å². The van der Waals surface area contributed by atoms with E-state index in [4.69, 9.17) is 0 Å². The fraction of sp³-hybridized carbons (Fsp3) is 0.556. The van der Waals surface area contributed by atoms with Crippen molar-refractivity contribution in [2.75, 3.05) is 18.4 Å². The molecule has 1 aromatic rings. The van der Waals surface area contributed by atoms with E-state index in [1.165, 1.54) is 0 Å². The Kier molecular flexibility index (Phi) is 5.22. The smallest absolute Gasteiger partial charge is 0.313 e. The first-order valence-electron chi connectivity index (χ1n) is 8.10. The molecule has 0 aliphatic carbocycles. The van der Waals surface area contributed by atoms with Crippen LogP contribution >= 0.6 is 0 Å². The highest BCUT2D eigenvalue weighted by Crippen LogP contribution is 2.27. The van der Waals surface area contributed by atoms with Crippen molar-refractivity contribution in [2.24, 2.45) is 5.92 Å². The summed E-state index contributed by atoms with van der Waals surface area (Å²) in [6.07, 6.45) is 1.95. The molecule has 120 valence electrons.